The van der Waals surface area contributed by atoms with Crippen molar-refractivity contribution in [2.75, 3.05) is 6.61 Å². The molecule has 2 atom stereocenters. The van der Waals surface area contributed by atoms with E-state index in [4.69, 9.17) is 14.3 Å². The van der Waals surface area contributed by atoms with Gasteiger partial charge in [0.2, 0.25) is 11.7 Å². The van der Waals surface area contributed by atoms with Crippen molar-refractivity contribution in [2.45, 2.75) is 45.1 Å². The lowest BCUT2D eigenvalue weighted by Crippen LogP contribution is -2.09. The van der Waals surface area contributed by atoms with Gasteiger partial charge in [-0.15, -0.1) is 0 Å². The molecule has 94 valence electrons. The number of aromatic nitrogens is 1. The van der Waals surface area contributed by atoms with Crippen LogP contribution in [-0.2, 0) is 4.74 Å². The number of hydrogen-bond acceptors (Lipinski definition) is 4. The van der Waals surface area contributed by atoms with Gasteiger partial charge in [-0.2, -0.15) is 0 Å². The second-order valence-corrected chi connectivity index (χ2v) is 4.70. The van der Waals surface area contributed by atoms with Crippen molar-refractivity contribution in [1.82, 2.24) is 4.98 Å². The Morgan fingerprint density at radius 1 is 1.53 bits per heavy atom. The van der Waals surface area contributed by atoms with E-state index in [0.717, 1.165) is 6.42 Å². The highest BCUT2D eigenvalue weighted by atomic mass is 16.5. The monoisotopic (exact) mass is 239 g/mol. The van der Waals surface area contributed by atoms with Crippen molar-refractivity contribution >= 4 is 5.97 Å². The van der Waals surface area contributed by atoms with E-state index in [0.29, 0.717) is 18.2 Å². The molecule has 2 rings (SSSR count). The highest BCUT2D eigenvalue weighted by Crippen LogP contribution is 2.33. The molecule has 0 spiro atoms. The Hall–Kier alpha value is -1.36. The number of carboxylic acids is 1. The summed E-state index contributed by atoms with van der Waals surface area (Å²) in [6.45, 7) is 6.44. The van der Waals surface area contributed by atoms with Crippen LogP contribution < -0.4 is 0 Å². The zero-order chi connectivity index (χ0) is 12.6. The van der Waals surface area contributed by atoms with E-state index in [1.54, 1.807) is 0 Å². The first kappa shape index (κ1) is 12.1. The SMILES string of the molecule is CC(C)c1nc(C2CCOC2C)oc1C(=O)O. The summed E-state index contributed by atoms with van der Waals surface area (Å²) in [5.41, 5.74) is 0.520. The van der Waals surface area contributed by atoms with Gasteiger partial charge >= 0.3 is 5.97 Å². The molecule has 2 heterocycles. The van der Waals surface area contributed by atoms with Gasteiger partial charge in [0.25, 0.3) is 0 Å². The summed E-state index contributed by atoms with van der Waals surface area (Å²) in [6, 6.07) is 0. The van der Waals surface area contributed by atoms with Gasteiger partial charge in [0.15, 0.2) is 0 Å². The molecule has 5 nitrogen and oxygen atoms in total. The van der Waals surface area contributed by atoms with Gasteiger partial charge in [0, 0.05) is 6.61 Å². The summed E-state index contributed by atoms with van der Waals surface area (Å²) in [5.74, 6) is -0.485. The third kappa shape index (κ3) is 2.20. The molecule has 0 saturated carbocycles. The van der Waals surface area contributed by atoms with Gasteiger partial charge in [0.1, 0.15) is 0 Å². The Balaban J connectivity index is 2.36. The molecular formula is C12H17NO4. The molecule has 5 heteroatoms. The van der Waals surface area contributed by atoms with Crippen LogP contribution in [0.4, 0.5) is 0 Å². The first-order chi connectivity index (χ1) is 8.00. The lowest BCUT2D eigenvalue weighted by Gasteiger charge is -2.08. The van der Waals surface area contributed by atoms with Crippen LogP contribution in [0.1, 0.15) is 61.2 Å². The summed E-state index contributed by atoms with van der Waals surface area (Å²) < 4.78 is 10.8. The van der Waals surface area contributed by atoms with E-state index < -0.39 is 5.97 Å². The van der Waals surface area contributed by atoms with E-state index in [1.165, 1.54) is 0 Å². The minimum Gasteiger partial charge on any atom is -0.475 e. The number of carbonyl (C=O) groups is 1. The summed E-state index contributed by atoms with van der Waals surface area (Å²) in [4.78, 5) is 15.4. The zero-order valence-electron chi connectivity index (χ0n) is 10.3. The standard InChI is InChI=1S/C12H17NO4/c1-6(2)9-10(12(14)15)17-11(13-9)8-4-5-16-7(8)3/h6-8H,4-5H2,1-3H3,(H,14,15). The Morgan fingerprint density at radius 3 is 2.65 bits per heavy atom. The van der Waals surface area contributed by atoms with E-state index in [2.05, 4.69) is 4.98 Å². The maximum atomic E-state index is 11.1. The molecule has 0 bridgehead atoms. The second kappa shape index (κ2) is 4.49. The lowest BCUT2D eigenvalue weighted by molar-refractivity contribution is 0.0654. The van der Waals surface area contributed by atoms with Crippen LogP contribution in [0.2, 0.25) is 0 Å². The fourth-order valence-corrected chi connectivity index (χ4v) is 2.11. The maximum absolute atomic E-state index is 11.1. The number of ether oxygens (including phenoxy) is 1. The summed E-state index contributed by atoms with van der Waals surface area (Å²) in [7, 11) is 0. The van der Waals surface area contributed by atoms with Gasteiger partial charge in [0.05, 0.1) is 17.7 Å². The van der Waals surface area contributed by atoms with Crippen molar-refractivity contribution in [2.24, 2.45) is 0 Å². The number of aromatic carboxylic acids is 1. The molecule has 0 aromatic carbocycles. The zero-order valence-corrected chi connectivity index (χ0v) is 10.3. The normalized spacial score (nSPS) is 24.5. The maximum Gasteiger partial charge on any atom is 0.373 e. The average Bonchev–Trinajstić information content (AvgIpc) is 2.82. The lowest BCUT2D eigenvalue weighted by atomic mass is 10.0. The molecule has 0 radical (unpaired) electrons. The quantitative estimate of drug-likeness (QED) is 0.876. The Morgan fingerprint density at radius 2 is 2.24 bits per heavy atom. The van der Waals surface area contributed by atoms with Gasteiger partial charge in [-0.3, -0.25) is 0 Å². The predicted octanol–water partition coefficient (Wildman–Crippen LogP) is 2.39. The summed E-state index contributed by atoms with van der Waals surface area (Å²) in [6.07, 6.45) is 0.869. The third-order valence-corrected chi connectivity index (χ3v) is 3.10. The van der Waals surface area contributed by atoms with Gasteiger partial charge in [-0.25, -0.2) is 9.78 Å². The molecule has 1 aromatic heterocycles. The Kier molecular flexibility index (Phi) is 3.19. The van der Waals surface area contributed by atoms with Crippen molar-refractivity contribution in [3.8, 4) is 0 Å². The molecule has 1 saturated heterocycles. The van der Waals surface area contributed by atoms with Crippen LogP contribution >= 0.6 is 0 Å². The van der Waals surface area contributed by atoms with Crippen LogP contribution in [0.5, 0.6) is 0 Å². The smallest absolute Gasteiger partial charge is 0.373 e. The number of oxazole rings is 1. The Bertz CT molecular complexity index is 424. The van der Waals surface area contributed by atoms with Crippen LogP contribution in [0.3, 0.4) is 0 Å². The number of carboxylic acid groups (broad SMARTS) is 1. The van der Waals surface area contributed by atoms with Gasteiger partial charge < -0.3 is 14.3 Å². The molecular weight excluding hydrogens is 222 g/mol. The van der Waals surface area contributed by atoms with E-state index in [-0.39, 0.29) is 23.7 Å². The van der Waals surface area contributed by atoms with E-state index in [9.17, 15) is 4.79 Å². The predicted molar refractivity (Wildman–Crippen MR) is 60.3 cm³/mol. The summed E-state index contributed by atoms with van der Waals surface area (Å²) in [5, 5.41) is 9.07. The molecule has 1 N–H and O–H groups in total. The van der Waals surface area contributed by atoms with Crippen molar-refractivity contribution in [3.05, 3.63) is 17.3 Å². The largest absolute Gasteiger partial charge is 0.475 e. The summed E-state index contributed by atoms with van der Waals surface area (Å²) >= 11 is 0. The first-order valence-electron chi connectivity index (χ1n) is 5.86. The molecule has 1 aliphatic heterocycles. The highest BCUT2D eigenvalue weighted by Gasteiger charge is 2.32. The third-order valence-electron chi connectivity index (χ3n) is 3.10. The van der Waals surface area contributed by atoms with Crippen LogP contribution in [0.15, 0.2) is 4.42 Å². The fraction of sp³-hybridized carbons (Fsp3) is 0.667. The number of hydrogen-bond donors (Lipinski definition) is 1. The minimum atomic E-state index is -1.06. The fourth-order valence-electron chi connectivity index (χ4n) is 2.11. The molecule has 1 aliphatic rings. The highest BCUT2D eigenvalue weighted by molar-refractivity contribution is 5.85. The van der Waals surface area contributed by atoms with Crippen molar-refractivity contribution in [1.29, 1.82) is 0 Å². The molecule has 17 heavy (non-hydrogen) atoms. The molecule has 1 fully saturated rings. The molecule has 0 amide bonds. The van der Waals surface area contributed by atoms with Gasteiger partial charge in [-0.05, 0) is 19.3 Å². The average molecular weight is 239 g/mol. The number of rotatable bonds is 3. The van der Waals surface area contributed by atoms with Crippen LogP contribution in [0, 0.1) is 0 Å². The molecule has 1 aromatic rings. The van der Waals surface area contributed by atoms with Crippen molar-refractivity contribution in [3.63, 3.8) is 0 Å². The molecule has 0 aliphatic carbocycles. The van der Waals surface area contributed by atoms with Crippen molar-refractivity contribution < 1.29 is 19.1 Å². The van der Waals surface area contributed by atoms with Crippen LogP contribution in [0.25, 0.3) is 0 Å². The van der Waals surface area contributed by atoms with E-state index >= 15 is 0 Å². The molecule has 2 unspecified atom stereocenters. The second-order valence-electron chi connectivity index (χ2n) is 4.70. The van der Waals surface area contributed by atoms with E-state index in [1.807, 2.05) is 20.8 Å². The van der Waals surface area contributed by atoms with Gasteiger partial charge in [-0.1, -0.05) is 13.8 Å². The first-order valence-corrected chi connectivity index (χ1v) is 5.86. The minimum absolute atomic E-state index is 0.0332. The Labute approximate surface area is 99.8 Å². The van der Waals surface area contributed by atoms with Crippen LogP contribution in [-0.4, -0.2) is 28.8 Å². The number of nitrogens with zero attached hydrogens (tertiary/aromatic N) is 1. The topological polar surface area (TPSA) is 72.6 Å².